The van der Waals surface area contributed by atoms with Gasteiger partial charge in [-0.15, -0.1) is 0 Å². The molecule has 0 fully saturated rings. The van der Waals surface area contributed by atoms with Gasteiger partial charge in [0.15, 0.2) is 0 Å². The highest BCUT2D eigenvalue weighted by Gasteiger charge is 2.06. The Morgan fingerprint density at radius 2 is 2.10 bits per heavy atom. The predicted octanol–water partition coefficient (Wildman–Crippen LogP) is 2.83. The van der Waals surface area contributed by atoms with Crippen LogP contribution in [-0.4, -0.2) is 29.1 Å². The van der Waals surface area contributed by atoms with E-state index in [9.17, 15) is 4.79 Å². The van der Waals surface area contributed by atoms with Gasteiger partial charge in [-0.25, -0.2) is 9.78 Å². The van der Waals surface area contributed by atoms with Crippen LogP contribution in [0.2, 0.25) is 0 Å². The lowest BCUT2D eigenvalue weighted by molar-refractivity contribution is 0.0601. The minimum atomic E-state index is -0.372. The van der Waals surface area contributed by atoms with Gasteiger partial charge in [-0.05, 0) is 38.1 Å². The average molecular weight is 286 g/mol. The van der Waals surface area contributed by atoms with Crippen LogP contribution in [0.3, 0.4) is 0 Å². The fourth-order valence-electron chi connectivity index (χ4n) is 1.75. The number of rotatable bonds is 5. The van der Waals surface area contributed by atoms with Gasteiger partial charge in [-0.1, -0.05) is 6.07 Å². The van der Waals surface area contributed by atoms with Crippen LogP contribution in [0.1, 0.15) is 24.2 Å². The number of carbonyl (C=O) groups is 1. The van der Waals surface area contributed by atoms with E-state index in [1.54, 1.807) is 30.5 Å². The van der Waals surface area contributed by atoms with Gasteiger partial charge in [-0.3, -0.25) is 0 Å². The van der Waals surface area contributed by atoms with Crippen molar-refractivity contribution in [2.24, 2.45) is 0 Å². The van der Waals surface area contributed by atoms with E-state index in [1.165, 1.54) is 7.11 Å². The zero-order valence-electron chi connectivity index (χ0n) is 12.3. The molecule has 21 heavy (non-hydrogen) atoms. The summed E-state index contributed by atoms with van der Waals surface area (Å²) >= 11 is 0. The maximum atomic E-state index is 11.5. The molecule has 0 bridgehead atoms. The van der Waals surface area contributed by atoms with E-state index in [-0.39, 0.29) is 12.0 Å². The monoisotopic (exact) mass is 286 g/mol. The number of nitrogens with one attached hydrogen (secondary N) is 2. The minimum absolute atomic E-state index is 0.253. The molecular weight excluding hydrogens is 268 g/mol. The summed E-state index contributed by atoms with van der Waals surface area (Å²) in [5.74, 6) is 0.831. The van der Waals surface area contributed by atoms with Gasteiger partial charge in [-0.2, -0.15) is 4.98 Å². The Balaban J connectivity index is 2.16. The first kappa shape index (κ1) is 14.8. The Morgan fingerprint density at radius 1 is 1.29 bits per heavy atom. The smallest absolute Gasteiger partial charge is 0.337 e. The number of benzene rings is 1. The fourth-order valence-corrected chi connectivity index (χ4v) is 1.75. The number of methoxy groups -OCH3 is 1. The van der Waals surface area contributed by atoms with E-state index >= 15 is 0 Å². The summed E-state index contributed by atoms with van der Waals surface area (Å²) in [6.45, 7) is 4.03. The van der Waals surface area contributed by atoms with E-state index < -0.39 is 0 Å². The lowest BCUT2D eigenvalue weighted by Crippen LogP contribution is -2.12. The molecule has 0 aliphatic rings. The molecule has 0 aliphatic carbocycles. The summed E-state index contributed by atoms with van der Waals surface area (Å²) in [5, 5.41) is 6.27. The van der Waals surface area contributed by atoms with E-state index in [1.807, 2.05) is 19.9 Å². The molecular formula is C15H18N4O2. The zero-order chi connectivity index (χ0) is 15.2. The van der Waals surface area contributed by atoms with Gasteiger partial charge in [0.1, 0.15) is 5.82 Å². The Morgan fingerprint density at radius 3 is 2.81 bits per heavy atom. The van der Waals surface area contributed by atoms with Crippen LogP contribution in [-0.2, 0) is 4.74 Å². The second-order valence-electron chi connectivity index (χ2n) is 4.76. The molecule has 1 heterocycles. The summed E-state index contributed by atoms with van der Waals surface area (Å²) in [5.41, 5.74) is 1.24. The van der Waals surface area contributed by atoms with Crippen molar-refractivity contribution >= 4 is 23.4 Å². The molecule has 1 aromatic carbocycles. The topological polar surface area (TPSA) is 76.1 Å². The second-order valence-corrected chi connectivity index (χ2v) is 4.76. The molecule has 6 nitrogen and oxygen atoms in total. The van der Waals surface area contributed by atoms with Crippen LogP contribution >= 0.6 is 0 Å². The highest BCUT2D eigenvalue weighted by atomic mass is 16.5. The number of esters is 1. The van der Waals surface area contributed by atoms with Crippen molar-refractivity contribution < 1.29 is 9.53 Å². The molecule has 2 rings (SSSR count). The van der Waals surface area contributed by atoms with Crippen LogP contribution in [0.4, 0.5) is 17.5 Å². The SMILES string of the molecule is COC(=O)c1cccc(Nc2ccnc(NC(C)C)n2)c1. The number of aromatic nitrogens is 2. The van der Waals surface area contributed by atoms with Gasteiger partial charge in [0.2, 0.25) is 5.95 Å². The van der Waals surface area contributed by atoms with Gasteiger partial charge in [0.25, 0.3) is 0 Å². The molecule has 2 aromatic rings. The molecule has 0 saturated carbocycles. The standard InChI is InChI=1S/C15H18N4O2/c1-10(2)17-15-16-8-7-13(19-15)18-12-6-4-5-11(9-12)14(20)21-3/h4-10H,1-3H3,(H2,16,17,18,19). The normalized spacial score (nSPS) is 10.3. The number of carbonyl (C=O) groups excluding carboxylic acids is 1. The van der Waals surface area contributed by atoms with E-state index in [0.29, 0.717) is 17.3 Å². The van der Waals surface area contributed by atoms with Crippen molar-refractivity contribution in [2.75, 3.05) is 17.7 Å². The van der Waals surface area contributed by atoms with Crippen LogP contribution in [0.5, 0.6) is 0 Å². The molecule has 0 atom stereocenters. The largest absolute Gasteiger partial charge is 0.465 e. The molecule has 0 saturated heterocycles. The first-order valence-corrected chi connectivity index (χ1v) is 6.63. The highest BCUT2D eigenvalue weighted by Crippen LogP contribution is 2.17. The van der Waals surface area contributed by atoms with Crippen LogP contribution < -0.4 is 10.6 Å². The maximum absolute atomic E-state index is 11.5. The molecule has 0 radical (unpaired) electrons. The molecule has 110 valence electrons. The van der Waals surface area contributed by atoms with E-state index in [2.05, 4.69) is 20.6 Å². The minimum Gasteiger partial charge on any atom is -0.465 e. The number of ether oxygens (including phenoxy) is 1. The predicted molar refractivity (Wildman–Crippen MR) is 81.9 cm³/mol. The Bertz CT molecular complexity index is 629. The zero-order valence-corrected chi connectivity index (χ0v) is 12.3. The summed E-state index contributed by atoms with van der Waals surface area (Å²) in [6.07, 6.45) is 1.67. The lowest BCUT2D eigenvalue weighted by atomic mass is 10.2. The number of hydrogen-bond acceptors (Lipinski definition) is 6. The van der Waals surface area contributed by atoms with Gasteiger partial charge < -0.3 is 15.4 Å². The third kappa shape index (κ3) is 4.17. The molecule has 1 aromatic heterocycles. The van der Waals surface area contributed by atoms with Crippen molar-refractivity contribution in [3.63, 3.8) is 0 Å². The molecule has 0 unspecified atom stereocenters. The third-order valence-corrected chi connectivity index (χ3v) is 2.63. The van der Waals surface area contributed by atoms with Crippen molar-refractivity contribution in [1.29, 1.82) is 0 Å². The van der Waals surface area contributed by atoms with Crippen molar-refractivity contribution in [1.82, 2.24) is 9.97 Å². The van der Waals surface area contributed by atoms with Gasteiger partial charge in [0.05, 0.1) is 12.7 Å². The first-order valence-electron chi connectivity index (χ1n) is 6.63. The van der Waals surface area contributed by atoms with Crippen LogP contribution in [0.25, 0.3) is 0 Å². The van der Waals surface area contributed by atoms with E-state index in [0.717, 1.165) is 5.69 Å². The van der Waals surface area contributed by atoms with Crippen molar-refractivity contribution in [2.45, 2.75) is 19.9 Å². The molecule has 2 N–H and O–H groups in total. The second kappa shape index (κ2) is 6.69. The van der Waals surface area contributed by atoms with Gasteiger partial charge in [0, 0.05) is 17.9 Å². The quantitative estimate of drug-likeness (QED) is 0.823. The molecule has 6 heteroatoms. The Labute approximate surface area is 123 Å². The molecule has 0 spiro atoms. The number of hydrogen-bond donors (Lipinski definition) is 2. The Hall–Kier alpha value is -2.63. The maximum Gasteiger partial charge on any atom is 0.337 e. The lowest BCUT2D eigenvalue weighted by Gasteiger charge is -2.10. The summed E-state index contributed by atoms with van der Waals surface area (Å²) in [6, 6.07) is 9.05. The highest BCUT2D eigenvalue weighted by molar-refractivity contribution is 5.90. The third-order valence-electron chi connectivity index (χ3n) is 2.63. The van der Waals surface area contributed by atoms with Crippen LogP contribution in [0, 0.1) is 0 Å². The summed E-state index contributed by atoms with van der Waals surface area (Å²) in [7, 11) is 1.36. The number of anilines is 3. The van der Waals surface area contributed by atoms with E-state index in [4.69, 9.17) is 4.74 Å². The van der Waals surface area contributed by atoms with Gasteiger partial charge >= 0.3 is 5.97 Å². The first-order chi connectivity index (χ1) is 10.1. The number of nitrogens with zero attached hydrogens (tertiary/aromatic N) is 2. The summed E-state index contributed by atoms with van der Waals surface area (Å²) < 4.78 is 4.70. The summed E-state index contributed by atoms with van der Waals surface area (Å²) in [4.78, 5) is 20.0. The van der Waals surface area contributed by atoms with Crippen molar-refractivity contribution in [3.05, 3.63) is 42.1 Å². The average Bonchev–Trinajstić information content (AvgIpc) is 2.46. The fraction of sp³-hybridized carbons (Fsp3) is 0.267. The van der Waals surface area contributed by atoms with Crippen LogP contribution in [0.15, 0.2) is 36.5 Å². The molecule has 0 aliphatic heterocycles. The molecule has 0 amide bonds. The van der Waals surface area contributed by atoms with Crippen molar-refractivity contribution in [3.8, 4) is 0 Å². The Kier molecular flexibility index (Phi) is 4.71.